The monoisotopic (exact) mass is 376 g/mol. The first-order valence-corrected chi connectivity index (χ1v) is 8.77. The Hall–Kier alpha value is -3.29. The van der Waals surface area contributed by atoms with Crippen molar-refractivity contribution in [1.29, 1.82) is 5.26 Å². The predicted molar refractivity (Wildman–Crippen MR) is 107 cm³/mol. The molecule has 0 fully saturated rings. The standard InChI is InChI=1S/C22H17ClN2O2/c1-15(22(26)25-19-10-7-16(14-24)8-11-19)27-21-12-9-18(13-20(21)23)17-5-3-2-4-6-17/h2-13,15H,1H3,(H,25,26)/t15-/m1/s1. The van der Waals surface area contributed by atoms with Gasteiger partial charge in [0.25, 0.3) is 5.91 Å². The number of hydrogen-bond acceptors (Lipinski definition) is 3. The molecule has 4 nitrogen and oxygen atoms in total. The highest BCUT2D eigenvalue weighted by Gasteiger charge is 2.16. The lowest BCUT2D eigenvalue weighted by molar-refractivity contribution is -0.122. The topological polar surface area (TPSA) is 62.1 Å². The summed E-state index contributed by atoms with van der Waals surface area (Å²) in [7, 11) is 0. The van der Waals surface area contributed by atoms with Gasteiger partial charge in [0.1, 0.15) is 5.75 Å². The van der Waals surface area contributed by atoms with Gasteiger partial charge in [-0.1, -0.05) is 48.0 Å². The molecule has 0 spiro atoms. The molecule has 0 aliphatic heterocycles. The van der Waals surface area contributed by atoms with Gasteiger partial charge in [0.2, 0.25) is 0 Å². The molecule has 0 radical (unpaired) electrons. The average molecular weight is 377 g/mol. The van der Waals surface area contributed by atoms with Crippen molar-refractivity contribution in [2.24, 2.45) is 0 Å². The van der Waals surface area contributed by atoms with Crippen LogP contribution in [0.1, 0.15) is 12.5 Å². The number of ether oxygens (including phenoxy) is 1. The maximum Gasteiger partial charge on any atom is 0.265 e. The number of benzene rings is 3. The Bertz CT molecular complexity index is 979. The number of hydrogen-bond donors (Lipinski definition) is 1. The summed E-state index contributed by atoms with van der Waals surface area (Å²) in [6.07, 6.45) is -0.735. The molecule has 27 heavy (non-hydrogen) atoms. The van der Waals surface area contributed by atoms with E-state index < -0.39 is 6.10 Å². The van der Waals surface area contributed by atoms with E-state index in [9.17, 15) is 4.79 Å². The van der Waals surface area contributed by atoms with Gasteiger partial charge < -0.3 is 10.1 Å². The molecule has 1 N–H and O–H groups in total. The molecule has 3 aromatic carbocycles. The lowest BCUT2D eigenvalue weighted by atomic mass is 10.1. The number of nitriles is 1. The highest BCUT2D eigenvalue weighted by molar-refractivity contribution is 6.32. The fourth-order valence-corrected chi connectivity index (χ4v) is 2.75. The Morgan fingerprint density at radius 3 is 2.37 bits per heavy atom. The smallest absolute Gasteiger partial charge is 0.265 e. The summed E-state index contributed by atoms with van der Waals surface area (Å²) in [5.41, 5.74) is 3.16. The molecule has 0 aliphatic rings. The summed E-state index contributed by atoms with van der Waals surface area (Å²) >= 11 is 6.33. The van der Waals surface area contributed by atoms with Crippen LogP contribution in [0, 0.1) is 11.3 Å². The highest BCUT2D eigenvalue weighted by Crippen LogP contribution is 2.31. The Kier molecular flexibility index (Phi) is 5.75. The lowest BCUT2D eigenvalue weighted by Crippen LogP contribution is -2.30. The number of carbonyl (C=O) groups excluding carboxylic acids is 1. The molecule has 0 saturated carbocycles. The third-order valence-electron chi connectivity index (χ3n) is 3.99. The van der Waals surface area contributed by atoms with Gasteiger partial charge in [0, 0.05) is 5.69 Å². The van der Waals surface area contributed by atoms with Crippen molar-refractivity contribution in [3.63, 3.8) is 0 Å². The van der Waals surface area contributed by atoms with Crippen LogP contribution in [0.3, 0.4) is 0 Å². The van der Waals surface area contributed by atoms with Crippen LogP contribution in [-0.2, 0) is 4.79 Å². The minimum atomic E-state index is -0.735. The van der Waals surface area contributed by atoms with Gasteiger partial charge in [0.15, 0.2) is 6.10 Å². The summed E-state index contributed by atoms with van der Waals surface area (Å²) in [5.74, 6) is 0.140. The number of carbonyl (C=O) groups is 1. The van der Waals surface area contributed by atoms with E-state index in [1.54, 1.807) is 37.3 Å². The second kappa shape index (κ2) is 8.39. The van der Waals surface area contributed by atoms with Gasteiger partial charge in [-0.25, -0.2) is 0 Å². The first kappa shape index (κ1) is 18.5. The van der Waals surface area contributed by atoms with Crippen LogP contribution in [0.2, 0.25) is 5.02 Å². The number of nitrogens with zero attached hydrogens (tertiary/aromatic N) is 1. The van der Waals surface area contributed by atoms with Gasteiger partial charge in [-0.2, -0.15) is 5.26 Å². The molecule has 134 valence electrons. The quantitative estimate of drug-likeness (QED) is 0.658. The van der Waals surface area contributed by atoms with Crippen LogP contribution in [0.15, 0.2) is 72.8 Å². The Morgan fingerprint density at radius 2 is 1.74 bits per heavy atom. The summed E-state index contributed by atoms with van der Waals surface area (Å²) in [5, 5.41) is 12.0. The molecular weight excluding hydrogens is 360 g/mol. The molecule has 5 heteroatoms. The first-order valence-electron chi connectivity index (χ1n) is 8.39. The van der Waals surface area contributed by atoms with Crippen molar-refractivity contribution < 1.29 is 9.53 Å². The van der Waals surface area contributed by atoms with Crippen LogP contribution in [0.25, 0.3) is 11.1 Å². The van der Waals surface area contributed by atoms with E-state index in [1.807, 2.05) is 48.5 Å². The van der Waals surface area contributed by atoms with Crippen molar-refractivity contribution in [1.82, 2.24) is 0 Å². The van der Waals surface area contributed by atoms with Crippen molar-refractivity contribution in [2.75, 3.05) is 5.32 Å². The molecule has 0 unspecified atom stereocenters. The van der Waals surface area contributed by atoms with Gasteiger partial charge in [-0.3, -0.25) is 4.79 Å². The minimum absolute atomic E-state index is 0.303. The Morgan fingerprint density at radius 1 is 1.04 bits per heavy atom. The zero-order valence-electron chi connectivity index (χ0n) is 14.6. The van der Waals surface area contributed by atoms with Crippen LogP contribution in [0.4, 0.5) is 5.69 Å². The lowest BCUT2D eigenvalue weighted by Gasteiger charge is -2.16. The van der Waals surface area contributed by atoms with Crippen LogP contribution in [0.5, 0.6) is 5.75 Å². The first-order chi connectivity index (χ1) is 13.1. The van der Waals surface area contributed by atoms with E-state index in [2.05, 4.69) is 5.32 Å². The van der Waals surface area contributed by atoms with Gasteiger partial charge in [0.05, 0.1) is 16.7 Å². The maximum absolute atomic E-state index is 12.3. The molecule has 1 atom stereocenters. The third kappa shape index (κ3) is 4.66. The summed E-state index contributed by atoms with van der Waals surface area (Å²) in [4.78, 5) is 12.3. The van der Waals surface area contributed by atoms with E-state index in [1.165, 1.54) is 0 Å². The zero-order chi connectivity index (χ0) is 19.2. The third-order valence-corrected chi connectivity index (χ3v) is 4.29. The van der Waals surface area contributed by atoms with Crippen molar-refractivity contribution in [3.05, 3.63) is 83.4 Å². The van der Waals surface area contributed by atoms with Crippen LogP contribution in [-0.4, -0.2) is 12.0 Å². The molecule has 0 aliphatic carbocycles. The molecule has 0 heterocycles. The molecular formula is C22H17ClN2O2. The fraction of sp³-hybridized carbons (Fsp3) is 0.0909. The van der Waals surface area contributed by atoms with Gasteiger partial charge in [-0.15, -0.1) is 0 Å². The SMILES string of the molecule is C[C@@H](Oc1ccc(-c2ccccc2)cc1Cl)C(=O)Nc1ccc(C#N)cc1. The molecule has 0 saturated heterocycles. The van der Waals surface area contributed by atoms with Gasteiger partial charge in [-0.05, 0) is 54.4 Å². The summed E-state index contributed by atoms with van der Waals surface area (Å²) in [6, 6.07) is 24.0. The van der Waals surface area contributed by atoms with Crippen LogP contribution < -0.4 is 10.1 Å². The zero-order valence-corrected chi connectivity index (χ0v) is 15.4. The molecule has 0 aromatic heterocycles. The summed E-state index contributed by atoms with van der Waals surface area (Å²) in [6.45, 7) is 1.65. The highest BCUT2D eigenvalue weighted by atomic mass is 35.5. The predicted octanol–water partition coefficient (Wildman–Crippen LogP) is 5.28. The second-order valence-electron chi connectivity index (χ2n) is 5.95. The number of amides is 1. The normalized spacial score (nSPS) is 11.3. The van der Waals surface area contributed by atoms with E-state index in [4.69, 9.17) is 21.6 Å². The number of nitrogens with one attached hydrogen (secondary N) is 1. The molecule has 3 aromatic rings. The van der Waals surface area contributed by atoms with Crippen LogP contribution >= 0.6 is 11.6 Å². The maximum atomic E-state index is 12.3. The summed E-state index contributed by atoms with van der Waals surface area (Å²) < 4.78 is 5.72. The Labute approximate surface area is 163 Å². The van der Waals surface area contributed by atoms with E-state index in [0.717, 1.165) is 11.1 Å². The molecule has 1 amide bonds. The number of rotatable bonds is 5. The van der Waals surface area contributed by atoms with Crippen molar-refractivity contribution >= 4 is 23.2 Å². The fourth-order valence-electron chi connectivity index (χ4n) is 2.52. The Balaban J connectivity index is 1.67. The van der Waals surface area contributed by atoms with Crippen molar-refractivity contribution in [3.8, 4) is 22.9 Å². The second-order valence-corrected chi connectivity index (χ2v) is 6.36. The minimum Gasteiger partial charge on any atom is -0.479 e. The van der Waals surface area contributed by atoms with E-state index >= 15 is 0 Å². The van der Waals surface area contributed by atoms with Gasteiger partial charge >= 0.3 is 0 Å². The largest absolute Gasteiger partial charge is 0.479 e. The number of halogens is 1. The molecule has 0 bridgehead atoms. The van der Waals surface area contributed by atoms with Crippen molar-refractivity contribution in [2.45, 2.75) is 13.0 Å². The van der Waals surface area contributed by atoms with E-state index in [-0.39, 0.29) is 5.91 Å². The average Bonchev–Trinajstić information content (AvgIpc) is 2.70. The molecule has 3 rings (SSSR count). The number of anilines is 1. The van der Waals surface area contributed by atoms with E-state index in [0.29, 0.717) is 22.0 Å².